The Bertz CT molecular complexity index is 791. The van der Waals surface area contributed by atoms with Crippen LogP contribution in [0.1, 0.15) is 41.3 Å². The minimum Gasteiger partial charge on any atom is -0.448 e. The van der Waals surface area contributed by atoms with Crippen LogP contribution in [0.4, 0.5) is 5.13 Å². The van der Waals surface area contributed by atoms with Crippen LogP contribution in [0.2, 0.25) is 0 Å². The molecule has 0 aliphatic carbocycles. The van der Waals surface area contributed by atoms with Gasteiger partial charge in [-0.3, -0.25) is 10.1 Å². The highest BCUT2D eigenvalue weighted by Crippen LogP contribution is 2.27. The van der Waals surface area contributed by atoms with Gasteiger partial charge in [-0.25, -0.2) is 4.79 Å². The Morgan fingerprint density at radius 2 is 2.28 bits per heavy atom. The number of nitrogens with one attached hydrogen (secondary N) is 1. The number of carbonyl (C=O) groups excluding carboxylic acids is 2. The molecule has 25 heavy (non-hydrogen) atoms. The normalized spacial score (nSPS) is 16.2. The minimum absolute atomic E-state index is 0.367. The van der Waals surface area contributed by atoms with E-state index in [9.17, 15) is 9.59 Å². The maximum absolute atomic E-state index is 12.4. The zero-order valence-electron chi connectivity index (χ0n) is 14.1. The van der Waals surface area contributed by atoms with Crippen molar-refractivity contribution in [2.24, 2.45) is 0 Å². The molecule has 1 amide bonds. The molecule has 0 saturated heterocycles. The molecular formula is C17H19N3O3S2. The summed E-state index contributed by atoms with van der Waals surface area (Å²) in [5, 5.41) is 11.2. The third-order valence-corrected chi connectivity index (χ3v) is 5.85. The van der Waals surface area contributed by atoms with E-state index in [0.29, 0.717) is 17.1 Å². The fourth-order valence-corrected chi connectivity index (χ4v) is 4.39. The highest BCUT2D eigenvalue weighted by atomic mass is 32.2. The molecule has 3 rings (SSSR count). The summed E-state index contributed by atoms with van der Waals surface area (Å²) in [4.78, 5) is 24.5. The summed E-state index contributed by atoms with van der Waals surface area (Å²) < 4.78 is 6.10. The van der Waals surface area contributed by atoms with Crippen molar-refractivity contribution in [2.75, 3.05) is 11.1 Å². The summed E-state index contributed by atoms with van der Waals surface area (Å²) in [6, 6.07) is 5.52. The number of rotatable bonds is 6. The number of fused-ring (bicyclic) bond motifs is 1. The Balaban J connectivity index is 1.63. The van der Waals surface area contributed by atoms with E-state index in [-0.39, 0.29) is 5.91 Å². The predicted octanol–water partition coefficient (Wildman–Crippen LogP) is 3.46. The zero-order chi connectivity index (χ0) is 17.8. The number of anilines is 1. The van der Waals surface area contributed by atoms with Crippen molar-refractivity contribution < 1.29 is 14.3 Å². The van der Waals surface area contributed by atoms with Gasteiger partial charge in [-0.05, 0) is 25.0 Å². The van der Waals surface area contributed by atoms with E-state index in [1.165, 1.54) is 11.3 Å². The van der Waals surface area contributed by atoms with E-state index in [2.05, 4.69) is 22.4 Å². The number of aromatic nitrogens is 2. The lowest BCUT2D eigenvalue weighted by Crippen LogP contribution is -2.38. The van der Waals surface area contributed by atoms with Gasteiger partial charge in [0.1, 0.15) is 0 Å². The number of cyclic esters (lactones) is 1. The molecule has 2 heterocycles. The number of nitrogens with zero attached hydrogens (tertiary/aromatic N) is 2. The van der Waals surface area contributed by atoms with Gasteiger partial charge in [0.15, 0.2) is 10.4 Å². The van der Waals surface area contributed by atoms with E-state index in [0.717, 1.165) is 34.1 Å². The second-order valence-corrected chi connectivity index (χ2v) is 8.14. The molecule has 0 radical (unpaired) electrons. The van der Waals surface area contributed by atoms with E-state index in [1.54, 1.807) is 17.8 Å². The molecule has 0 bridgehead atoms. The van der Waals surface area contributed by atoms with Gasteiger partial charge in [-0.1, -0.05) is 54.1 Å². The Kier molecular flexibility index (Phi) is 5.70. The van der Waals surface area contributed by atoms with Crippen LogP contribution in [-0.4, -0.2) is 33.9 Å². The second kappa shape index (κ2) is 7.97. The highest BCUT2D eigenvalue weighted by molar-refractivity contribution is 8.01. The Morgan fingerprint density at radius 1 is 1.44 bits per heavy atom. The van der Waals surface area contributed by atoms with Crippen LogP contribution in [0.15, 0.2) is 22.5 Å². The molecule has 1 aromatic carbocycles. The average Bonchev–Trinajstić information content (AvgIpc) is 3.02. The van der Waals surface area contributed by atoms with Crippen molar-refractivity contribution in [1.82, 2.24) is 10.2 Å². The summed E-state index contributed by atoms with van der Waals surface area (Å²) in [5.74, 6) is 0.145. The number of aryl methyl sites for hydroxylation is 1. The minimum atomic E-state index is -0.845. The van der Waals surface area contributed by atoms with Gasteiger partial charge in [0.25, 0.3) is 5.91 Å². The van der Waals surface area contributed by atoms with E-state index >= 15 is 0 Å². The van der Waals surface area contributed by atoms with Crippen LogP contribution in [0.25, 0.3) is 0 Å². The number of thioether (sulfide) groups is 1. The predicted molar refractivity (Wildman–Crippen MR) is 98.3 cm³/mol. The monoisotopic (exact) mass is 377 g/mol. The first-order valence-electron chi connectivity index (χ1n) is 8.14. The fraction of sp³-hybridized carbons (Fsp3) is 0.412. The van der Waals surface area contributed by atoms with Crippen molar-refractivity contribution in [3.05, 3.63) is 34.9 Å². The lowest BCUT2D eigenvalue weighted by atomic mass is 9.96. The first-order chi connectivity index (χ1) is 12.1. The molecule has 1 aromatic heterocycles. The highest BCUT2D eigenvalue weighted by Gasteiger charge is 2.31. The number of ether oxygens (including phenoxy) is 1. The molecule has 1 atom stereocenters. The molecule has 0 spiro atoms. The summed E-state index contributed by atoms with van der Waals surface area (Å²) in [6.07, 6.45) is 1.76. The van der Waals surface area contributed by atoms with Crippen LogP contribution in [0.5, 0.6) is 0 Å². The van der Waals surface area contributed by atoms with Crippen molar-refractivity contribution in [2.45, 2.75) is 43.6 Å². The maximum atomic E-state index is 12.4. The van der Waals surface area contributed by atoms with Gasteiger partial charge in [-0.15, -0.1) is 10.2 Å². The van der Waals surface area contributed by atoms with Crippen molar-refractivity contribution in [3.63, 3.8) is 0 Å². The first kappa shape index (κ1) is 17.9. The molecule has 2 aromatic rings. The van der Waals surface area contributed by atoms with Crippen LogP contribution in [0, 0.1) is 6.92 Å². The lowest BCUT2D eigenvalue weighted by Gasteiger charge is -2.23. The number of hydrogen-bond acceptors (Lipinski definition) is 7. The fourth-order valence-electron chi connectivity index (χ4n) is 2.48. The van der Waals surface area contributed by atoms with Crippen LogP contribution >= 0.6 is 23.1 Å². The Labute approximate surface area is 154 Å². The lowest BCUT2D eigenvalue weighted by molar-refractivity contribution is -0.125. The van der Waals surface area contributed by atoms with Crippen molar-refractivity contribution >= 4 is 40.1 Å². The molecule has 1 aliphatic rings. The largest absolute Gasteiger partial charge is 0.448 e. The molecule has 0 fully saturated rings. The molecular weight excluding hydrogens is 358 g/mol. The number of amides is 1. The summed E-state index contributed by atoms with van der Waals surface area (Å²) in [5.41, 5.74) is 2.41. The second-order valence-electron chi connectivity index (χ2n) is 5.82. The van der Waals surface area contributed by atoms with E-state index in [4.69, 9.17) is 4.74 Å². The number of benzene rings is 1. The Hall–Kier alpha value is -1.93. The molecule has 1 aliphatic heterocycles. The number of carbonyl (C=O) groups is 2. The Morgan fingerprint density at radius 3 is 3.08 bits per heavy atom. The van der Waals surface area contributed by atoms with Crippen molar-refractivity contribution in [3.8, 4) is 0 Å². The number of hydrogen-bond donors (Lipinski definition) is 1. The SMILES string of the molecule is CCCCSc1nnc(NC(=O)C2Cc3cc(C)ccc3C(=O)O2)s1. The van der Waals surface area contributed by atoms with Gasteiger partial charge in [0.2, 0.25) is 5.13 Å². The molecule has 6 nitrogen and oxygen atoms in total. The third kappa shape index (κ3) is 4.38. The molecule has 1 unspecified atom stereocenters. The smallest absolute Gasteiger partial charge is 0.339 e. The van der Waals surface area contributed by atoms with Gasteiger partial charge in [0, 0.05) is 12.2 Å². The van der Waals surface area contributed by atoms with E-state index in [1.807, 2.05) is 19.1 Å². The summed E-state index contributed by atoms with van der Waals surface area (Å²) in [7, 11) is 0. The standard InChI is InChI=1S/C17H19N3O3S2/c1-3-4-7-24-17-20-19-16(25-17)18-14(21)13-9-11-8-10(2)5-6-12(11)15(22)23-13/h5-6,8,13H,3-4,7,9H2,1-2H3,(H,18,19,21). The van der Waals surface area contributed by atoms with Crippen molar-refractivity contribution in [1.29, 1.82) is 0 Å². The molecule has 0 saturated carbocycles. The van der Waals surface area contributed by atoms with Crippen LogP contribution in [-0.2, 0) is 16.0 Å². The van der Waals surface area contributed by atoms with Crippen LogP contribution in [0.3, 0.4) is 0 Å². The van der Waals surface area contributed by atoms with Gasteiger partial charge in [0.05, 0.1) is 5.56 Å². The summed E-state index contributed by atoms with van der Waals surface area (Å²) in [6.45, 7) is 4.09. The quantitative estimate of drug-likeness (QED) is 0.359. The molecule has 132 valence electrons. The zero-order valence-corrected chi connectivity index (χ0v) is 15.7. The number of esters is 1. The van der Waals surface area contributed by atoms with Gasteiger partial charge < -0.3 is 4.74 Å². The average molecular weight is 377 g/mol. The van der Waals surface area contributed by atoms with Gasteiger partial charge in [-0.2, -0.15) is 0 Å². The molecule has 1 N–H and O–H groups in total. The van der Waals surface area contributed by atoms with Gasteiger partial charge >= 0.3 is 5.97 Å². The van der Waals surface area contributed by atoms with E-state index < -0.39 is 12.1 Å². The first-order valence-corrected chi connectivity index (χ1v) is 9.94. The number of unbranched alkanes of at least 4 members (excludes halogenated alkanes) is 1. The summed E-state index contributed by atoms with van der Waals surface area (Å²) >= 11 is 2.96. The third-order valence-electron chi connectivity index (χ3n) is 3.79. The molecule has 8 heteroatoms. The van der Waals surface area contributed by atoms with Crippen LogP contribution < -0.4 is 5.32 Å². The topological polar surface area (TPSA) is 81.2 Å². The maximum Gasteiger partial charge on any atom is 0.339 e.